The molecular weight excluding hydrogens is 325 g/mol. The number of hydrogen-bond acceptors (Lipinski definition) is 2. The molecule has 0 radical (unpaired) electrons. The second-order valence-electron chi connectivity index (χ2n) is 3.37. The van der Waals surface area contributed by atoms with Crippen molar-refractivity contribution >= 4 is 38.3 Å². The molecule has 1 rings (SSSR count). The van der Waals surface area contributed by atoms with Crippen molar-refractivity contribution in [2.24, 2.45) is 0 Å². The molecule has 1 aromatic rings. The summed E-state index contributed by atoms with van der Waals surface area (Å²) in [5.74, 6) is 0. The lowest BCUT2D eigenvalue weighted by molar-refractivity contribution is 0.600. The second kappa shape index (κ2) is 4.69. The topological polar surface area (TPSA) is 37.4 Å². The van der Waals surface area contributed by atoms with Gasteiger partial charge >= 0.3 is 0 Å². The third kappa shape index (κ3) is 3.07. The van der Waals surface area contributed by atoms with E-state index < -0.39 is 10.0 Å². The molecule has 0 heterocycles. The summed E-state index contributed by atoms with van der Waals surface area (Å²) in [7, 11) is -1.60. The quantitative estimate of drug-likeness (QED) is 0.792. The van der Waals surface area contributed by atoms with Crippen LogP contribution in [0.4, 0.5) is 5.69 Å². The number of hydrogen-bond donors (Lipinski definition) is 0. The molecule has 0 spiro atoms. The van der Waals surface area contributed by atoms with Crippen LogP contribution in [0, 0.1) is 3.57 Å². The zero-order valence-corrected chi connectivity index (χ0v) is 12.0. The van der Waals surface area contributed by atoms with Crippen LogP contribution in [0.25, 0.3) is 0 Å². The van der Waals surface area contributed by atoms with Crippen molar-refractivity contribution in [1.29, 1.82) is 0 Å². The predicted octanol–water partition coefficient (Wildman–Crippen LogP) is 2.25. The lowest BCUT2D eigenvalue weighted by Crippen LogP contribution is -2.25. The fourth-order valence-electron chi connectivity index (χ4n) is 1.20. The van der Waals surface area contributed by atoms with E-state index in [1.165, 1.54) is 10.6 Å². The average molecular weight is 339 g/mol. The maximum absolute atomic E-state index is 11.4. The average Bonchev–Trinajstić information content (AvgIpc) is 2.16. The molecular formula is C10H14INO2S. The lowest BCUT2D eigenvalue weighted by atomic mass is 10.1. The molecule has 0 aliphatic heterocycles. The molecule has 0 N–H and O–H groups in total. The number of benzene rings is 1. The minimum atomic E-state index is -3.17. The fourth-order valence-corrected chi connectivity index (χ4v) is 2.57. The van der Waals surface area contributed by atoms with Crippen molar-refractivity contribution < 1.29 is 8.42 Å². The minimum absolute atomic E-state index is 0.748. The van der Waals surface area contributed by atoms with Crippen molar-refractivity contribution in [3.05, 3.63) is 27.3 Å². The zero-order chi connectivity index (χ0) is 11.6. The van der Waals surface area contributed by atoms with Crippen LogP contribution in [0.15, 0.2) is 18.2 Å². The molecule has 0 aromatic heterocycles. The second-order valence-corrected chi connectivity index (χ2v) is 6.55. The predicted molar refractivity (Wildman–Crippen MR) is 71.8 cm³/mol. The van der Waals surface area contributed by atoms with Gasteiger partial charge in [0, 0.05) is 10.6 Å². The Balaban J connectivity index is 3.24. The Morgan fingerprint density at radius 1 is 1.40 bits per heavy atom. The van der Waals surface area contributed by atoms with Crippen LogP contribution in [0.2, 0.25) is 0 Å². The Morgan fingerprint density at radius 3 is 2.47 bits per heavy atom. The first-order valence-electron chi connectivity index (χ1n) is 4.58. The van der Waals surface area contributed by atoms with E-state index in [1.54, 1.807) is 7.05 Å². The third-order valence-corrected chi connectivity index (χ3v) is 4.36. The van der Waals surface area contributed by atoms with Gasteiger partial charge in [-0.2, -0.15) is 0 Å². The molecule has 5 heteroatoms. The van der Waals surface area contributed by atoms with Gasteiger partial charge in [0.05, 0.1) is 11.9 Å². The van der Waals surface area contributed by atoms with E-state index in [4.69, 9.17) is 0 Å². The molecule has 0 unspecified atom stereocenters. The molecule has 0 fully saturated rings. The van der Waals surface area contributed by atoms with Crippen LogP contribution in [0.5, 0.6) is 0 Å². The van der Waals surface area contributed by atoms with Crippen molar-refractivity contribution in [2.75, 3.05) is 17.6 Å². The smallest absolute Gasteiger partial charge is 0.232 e. The highest BCUT2D eigenvalue weighted by Crippen LogP contribution is 2.24. The third-order valence-electron chi connectivity index (χ3n) is 2.26. The van der Waals surface area contributed by atoms with E-state index in [2.05, 4.69) is 22.6 Å². The van der Waals surface area contributed by atoms with Gasteiger partial charge in [-0.05, 0) is 46.7 Å². The SMILES string of the molecule is CCc1ccc(I)c(N(C)S(C)(=O)=O)c1. The van der Waals surface area contributed by atoms with E-state index in [0.29, 0.717) is 0 Å². The number of sulfonamides is 1. The van der Waals surface area contributed by atoms with E-state index in [0.717, 1.165) is 21.2 Å². The summed E-state index contributed by atoms with van der Waals surface area (Å²) in [6, 6.07) is 5.88. The van der Waals surface area contributed by atoms with Gasteiger partial charge in [0.2, 0.25) is 10.0 Å². The molecule has 0 atom stereocenters. The van der Waals surface area contributed by atoms with E-state index in [-0.39, 0.29) is 0 Å². The van der Waals surface area contributed by atoms with Crippen molar-refractivity contribution in [3.63, 3.8) is 0 Å². The maximum atomic E-state index is 11.4. The standard InChI is InChI=1S/C10H14INO2S/c1-4-8-5-6-9(11)10(7-8)12(2)15(3,13)14/h5-7H,4H2,1-3H3. The fraction of sp³-hybridized carbons (Fsp3) is 0.400. The van der Waals surface area contributed by atoms with Gasteiger partial charge in [-0.25, -0.2) is 8.42 Å². The molecule has 0 amide bonds. The van der Waals surface area contributed by atoms with Gasteiger partial charge < -0.3 is 0 Å². The summed E-state index contributed by atoms with van der Waals surface area (Å²) >= 11 is 2.14. The zero-order valence-electron chi connectivity index (χ0n) is 8.99. The lowest BCUT2D eigenvalue weighted by Gasteiger charge is -2.18. The molecule has 3 nitrogen and oxygen atoms in total. The monoisotopic (exact) mass is 339 g/mol. The van der Waals surface area contributed by atoms with Crippen molar-refractivity contribution in [3.8, 4) is 0 Å². The van der Waals surface area contributed by atoms with Gasteiger partial charge in [0.15, 0.2) is 0 Å². The first kappa shape index (κ1) is 12.8. The highest BCUT2D eigenvalue weighted by molar-refractivity contribution is 14.1. The Bertz CT molecular complexity index is 456. The summed E-state index contributed by atoms with van der Waals surface area (Å²) in [6.45, 7) is 2.05. The summed E-state index contributed by atoms with van der Waals surface area (Å²) in [4.78, 5) is 0. The highest BCUT2D eigenvalue weighted by atomic mass is 127. The number of aryl methyl sites for hydroxylation is 1. The van der Waals surface area contributed by atoms with E-state index in [1.807, 2.05) is 25.1 Å². The van der Waals surface area contributed by atoms with E-state index >= 15 is 0 Å². The molecule has 0 saturated carbocycles. The van der Waals surface area contributed by atoms with Crippen molar-refractivity contribution in [2.45, 2.75) is 13.3 Å². The van der Waals surface area contributed by atoms with Crippen LogP contribution in [-0.4, -0.2) is 21.7 Å². The summed E-state index contributed by atoms with van der Waals surface area (Å²) in [5, 5.41) is 0. The van der Waals surface area contributed by atoms with Gasteiger partial charge in [0.25, 0.3) is 0 Å². The summed E-state index contributed by atoms with van der Waals surface area (Å²) in [6.07, 6.45) is 2.11. The summed E-state index contributed by atoms with van der Waals surface area (Å²) < 4.78 is 25.1. The number of anilines is 1. The molecule has 0 aliphatic rings. The molecule has 84 valence electrons. The van der Waals surface area contributed by atoms with Gasteiger partial charge in [-0.3, -0.25) is 4.31 Å². The molecule has 0 saturated heterocycles. The Labute approximate surface area is 105 Å². The van der Waals surface area contributed by atoms with Crippen LogP contribution in [0.1, 0.15) is 12.5 Å². The number of nitrogens with zero attached hydrogens (tertiary/aromatic N) is 1. The van der Waals surface area contributed by atoms with E-state index in [9.17, 15) is 8.42 Å². The summed E-state index contributed by atoms with van der Waals surface area (Å²) in [5.41, 5.74) is 1.89. The first-order chi connectivity index (χ1) is 6.86. The largest absolute Gasteiger partial charge is 0.272 e. The van der Waals surface area contributed by atoms with Crippen LogP contribution >= 0.6 is 22.6 Å². The van der Waals surface area contributed by atoms with Crippen LogP contribution in [0.3, 0.4) is 0 Å². The normalized spacial score (nSPS) is 11.5. The van der Waals surface area contributed by atoms with Crippen LogP contribution in [-0.2, 0) is 16.4 Å². The molecule has 0 bridgehead atoms. The van der Waals surface area contributed by atoms with Gasteiger partial charge in [0.1, 0.15) is 0 Å². The van der Waals surface area contributed by atoms with Crippen LogP contribution < -0.4 is 4.31 Å². The molecule has 15 heavy (non-hydrogen) atoms. The Morgan fingerprint density at radius 2 is 2.00 bits per heavy atom. The number of rotatable bonds is 3. The highest BCUT2D eigenvalue weighted by Gasteiger charge is 2.14. The molecule has 1 aromatic carbocycles. The van der Waals surface area contributed by atoms with Gasteiger partial charge in [-0.1, -0.05) is 13.0 Å². The Hall–Kier alpha value is -0.300. The number of halogens is 1. The van der Waals surface area contributed by atoms with Gasteiger partial charge in [-0.15, -0.1) is 0 Å². The Kier molecular flexibility index (Phi) is 3.99. The molecule has 0 aliphatic carbocycles. The first-order valence-corrected chi connectivity index (χ1v) is 7.51. The minimum Gasteiger partial charge on any atom is -0.272 e. The maximum Gasteiger partial charge on any atom is 0.232 e. The van der Waals surface area contributed by atoms with Crippen molar-refractivity contribution in [1.82, 2.24) is 0 Å².